The van der Waals surface area contributed by atoms with E-state index in [0.717, 1.165) is 11.3 Å². The number of halogens is 1. The maximum Gasteiger partial charge on any atom is 0.152 e. The van der Waals surface area contributed by atoms with Gasteiger partial charge in [-0.25, -0.2) is 8.42 Å². The minimum atomic E-state index is -2.88. The van der Waals surface area contributed by atoms with E-state index in [1.165, 1.54) is 0 Å². The fourth-order valence-electron chi connectivity index (χ4n) is 2.35. The van der Waals surface area contributed by atoms with Crippen LogP contribution in [0.15, 0.2) is 12.1 Å². The Labute approximate surface area is 113 Å². The molecule has 0 bridgehead atoms. The summed E-state index contributed by atoms with van der Waals surface area (Å²) >= 11 is 6.02. The van der Waals surface area contributed by atoms with Gasteiger partial charge in [0, 0.05) is 18.8 Å². The molecule has 0 aromatic heterocycles. The Morgan fingerprint density at radius 2 is 2.11 bits per heavy atom. The second-order valence-electron chi connectivity index (χ2n) is 4.83. The van der Waals surface area contributed by atoms with Gasteiger partial charge in [-0.05, 0) is 31.0 Å². The van der Waals surface area contributed by atoms with Crippen LogP contribution < -0.4 is 10.6 Å². The molecule has 2 rings (SSSR count). The molecule has 0 amide bonds. The van der Waals surface area contributed by atoms with E-state index in [-0.39, 0.29) is 17.5 Å². The van der Waals surface area contributed by atoms with Crippen LogP contribution in [0.2, 0.25) is 5.02 Å². The summed E-state index contributed by atoms with van der Waals surface area (Å²) in [4.78, 5) is 1.99. The summed E-state index contributed by atoms with van der Waals surface area (Å²) in [5, 5.41) is 0.503. The molecule has 0 saturated carbocycles. The standard InChI is InChI=1S/C12H17ClN2O2S/c1-8-5-11(14)10(13)6-12(8)15(2)9-3-4-18(16,17)7-9/h5-6,9H,3-4,7,14H2,1-2H3. The van der Waals surface area contributed by atoms with E-state index in [4.69, 9.17) is 17.3 Å². The highest BCUT2D eigenvalue weighted by Gasteiger charge is 2.31. The van der Waals surface area contributed by atoms with E-state index in [1.807, 2.05) is 24.9 Å². The SMILES string of the molecule is Cc1cc(N)c(Cl)cc1N(C)C1CCS(=O)(=O)C1. The second kappa shape index (κ2) is 4.63. The van der Waals surface area contributed by atoms with Crippen LogP contribution in [-0.2, 0) is 9.84 Å². The van der Waals surface area contributed by atoms with Crippen LogP contribution in [-0.4, -0.2) is 33.0 Å². The highest BCUT2D eigenvalue weighted by atomic mass is 35.5. The zero-order chi connectivity index (χ0) is 13.5. The predicted molar refractivity (Wildman–Crippen MR) is 76.1 cm³/mol. The van der Waals surface area contributed by atoms with Gasteiger partial charge >= 0.3 is 0 Å². The Kier molecular flexibility index (Phi) is 3.47. The highest BCUT2D eigenvalue weighted by molar-refractivity contribution is 7.91. The van der Waals surface area contributed by atoms with Crippen molar-refractivity contribution in [1.82, 2.24) is 0 Å². The largest absolute Gasteiger partial charge is 0.398 e. The molecule has 1 fully saturated rings. The summed E-state index contributed by atoms with van der Waals surface area (Å²) in [7, 11) is -0.976. The van der Waals surface area contributed by atoms with Crippen molar-refractivity contribution < 1.29 is 8.42 Å². The number of benzene rings is 1. The lowest BCUT2D eigenvalue weighted by atomic mass is 10.1. The lowest BCUT2D eigenvalue weighted by molar-refractivity contribution is 0.601. The first-order valence-electron chi connectivity index (χ1n) is 5.79. The lowest BCUT2D eigenvalue weighted by Gasteiger charge is -2.27. The van der Waals surface area contributed by atoms with E-state index < -0.39 is 9.84 Å². The number of nitrogens with two attached hydrogens (primary N) is 1. The van der Waals surface area contributed by atoms with Crippen molar-refractivity contribution >= 4 is 32.8 Å². The van der Waals surface area contributed by atoms with Crippen molar-refractivity contribution in [1.29, 1.82) is 0 Å². The molecule has 1 atom stereocenters. The third-order valence-corrected chi connectivity index (χ3v) is 5.53. The van der Waals surface area contributed by atoms with E-state index >= 15 is 0 Å². The van der Waals surface area contributed by atoms with Crippen molar-refractivity contribution in [2.75, 3.05) is 29.2 Å². The van der Waals surface area contributed by atoms with Gasteiger partial charge in [0.15, 0.2) is 9.84 Å². The van der Waals surface area contributed by atoms with E-state index in [9.17, 15) is 8.42 Å². The fraction of sp³-hybridized carbons (Fsp3) is 0.500. The minimum Gasteiger partial charge on any atom is -0.398 e. The molecule has 0 aliphatic carbocycles. The van der Waals surface area contributed by atoms with E-state index in [1.54, 1.807) is 6.07 Å². The zero-order valence-electron chi connectivity index (χ0n) is 10.5. The van der Waals surface area contributed by atoms with Gasteiger partial charge in [0.05, 0.1) is 22.2 Å². The third kappa shape index (κ3) is 2.57. The summed E-state index contributed by atoms with van der Waals surface area (Å²) in [6.45, 7) is 1.95. The molecule has 6 heteroatoms. The van der Waals surface area contributed by atoms with E-state index in [2.05, 4.69) is 0 Å². The molecule has 0 spiro atoms. The van der Waals surface area contributed by atoms with Crippen LogP contribution in [0.3, 0.4) is 0 Å². The topological polar surface area (TPSA) is 63.4 Å². The number of hydrogen-bond acceptors (Lipinski definition) is 4. The van der Waals surface area contributed by atoms with Crippen LogP contribution in [0.5, 0.6) is 0 Å². The normalized spacial score (nSPS) is 22.1. The Morgan fingerprint density at radius 3 is 2.67 bits per heavy atom. The van der Waals surface area contributed by atoms with Gasteiger partial charge in [0.25, 0.3) is 0 Å². The number of aryl methyl sites for hydroxylation is 1. The highest BCUT2D eigenvalue weighted by Crippen LogP contribution is 2.31. The predicted octanol–water partition coefficient (Wildman–Crippen LogP) is 1.85. The first kappa shape index (κ1) is 13.5. The molecule has 0 radical (unpaired) electrons. The van der Waals surface area contributed by atoms with Gasteiger partial charge in [0.2, 0.25) is 0 Å². The van der Waals surface area contributed by atoms with Crippen molar-refractivity contribution in [3.05, 3.63) is 22.7 Å². The molecule has 2 N–H and O–H groups in total. The van der Waals surface area contributed by atoms with Gasteiger partial charge in [-0.3, -0.25) is 0 Å². The third-order valence-electron chi connectivity index (χ3n) is 3.45. The van der Waals surface area contributed by atoms with Gasteiger partial charge in [-0.15, -0.1) is 0 Å². The summed E-state index contributed by atoms with van der Waals surface area (Å²) < 4.78 is 23.0. The smallest absolute Gasteiger partial charge is 0.152 e. The summed E-state index contributed by atoms with van der Waals surface area (Å²) in [5.74, 6) is 0.481. The average molecular weight is 289 g/mol. The fourth-order valence-corrected chi connectivity index (χ4v) is 4.28. The molecule has 1 aromatic carbocycles. The van der Waals surface area contributed by atoms with Crippen LogP contribution in [0, 0.1) is 6.92 Å². The van der Waals surface area contributed by atoms with Crippen LogP contribution in [0.1, 0.15) is 12.0 Å². The zero-order valence-corrected chi connectivity index (χ0v) is 12.1. The number of nitrogen functional groups attached to an aromatic ring is 1. The van der Waals surface area contributed by atoms with Crippen LogP contribution in [0.4, 0.5) is 11.4 Å². The van der Waals surface area contributed by atoms with Crippen LogP contribution >= 0.6 is 11.6 Å². The lowest BCUT2D eigenvalue weighted by Crippen LogP contribution is -2.33. The van der Waals surface area contributed by atoms with E-state index in [0.29, 0.717) is 17.1 Å². The molecule has 1 aromatic rings. The molecule has 1 saturated heterocycles. The first-order chi connectivity index (χ1) is 8.30. The summed E-state index contributed by atoms with van der Waals surface area (Å²) in [5.41, 5.74) is 8.23. The molecular weight excluding hydrogens is 272 g/mol. The average Bonchev–Trinajstić information content (AvgIpc) is 2.63. The quantitative estimate of drug-likeness (QED) is 0.844. The molecule has 1 aliphatic rings. The van der Waals surface area contributed by atoms with Gasteiger partial charge in [-0.1, -0.05) is 11.6 Å². The number of hydrogen-bond donors (Lipinski definition) is 1. The van der Waals surface area contributed by atoms with Crippen molar-refractivity contribution in [2.24, 2.45) is 0 Å². The summed E-state index contributed by atoms with van der Waals surface area (Å²) in [6.07, 6.45) is 0.667. The Balaban J connectivity index is 2.30. The molecule has 1 unspecified atom stereocenters. The molecule has 4 nitrogen and oxygen atoms in total. The van der Waals surface area contributed by atoms with Crippen molar-refractivity contribution in [3.63, 3.8) is 0 Å². The summed E-state index contributed by atoms with van der Waals surface area (Å²) in [6, 6.07) is 3.64. The molecule has 18 heavy (non-hydrogen) atoms. The van der Waals surface area contributed by atoms with Gasteiger partial charge in [-0.2, -0.15) is 0 Å². The Morgan fingerprint density at radius 1 is 1.44 bits per heavy atom. The molecular formula is C12H17ClN2O2S. The monoisotopic (exact) mass is 288 g/mol. The van der Waals surface area contributed by atoms with Gasteiger partial charge < -0.3 is 10.6 Å². The molecule has 1 aliphatic heterocycles. The number of nitrogens with zero attached hydrogens (tertiary/aromatic N) is 1. The molecule has 100 valence electrons. The number of rotatable bonds is 2. The minimum absolute atomic E-state index is 0.0217. The number of sulfone groups is 1. The molecule has 1 heterocycles. The first-order valence-corrected chi connectivity index (χ1v) is 7.99. The Hall–Kier alpha value is -0.940. The maximum absolute atomic E-state index is 11.5. The number of anilines is 2. The van der Waals surface area contributed by atoms with Gasteiger partial charge in [0.1, 0.15) is 0 Å². The van der Waals surface area contributed by atoms with Crippen molar-refractivity contribution in [3.8, 4) is 0 Å². The van der Waals surface area contributed by atoms with Crippen molar-refractivity contribution in [2.45, 2.75) is 19.4 Å². The maximum atomic E-state index is 11.5. The second-order valence-corrected chi connectivity index (χ2v) is 7.46. The Bertz CT molecular complexity index is 572. The van der Waals surface area contributed by atoms with Crippen LogP contribution in [0.25, 0.3) is 0 Å².